The Morgan fingerprint density at radius 3 is 2.74 bits per heavy atom. The van der Waals surface area contributed by atoms with Gasteiger partial charge in [-0.3, -0.25) is 9.59 Å². The molecule has 5 nitrogen and oxygen atoms in total. The van der Waals surface area contributed by atoms with Gasteiger partial charge in [0.2, 0.25) is 5.91 Å². The Labute approximate surface area is 112 Å². The predicted molar refractivity (Wildman–Crippen MR) is 74.1 cm³/mol. The molecule has 1 fully saturated rings. The Morgan fingerprint density at radius 2 is 2.11 bits per heavy atom. The van der Waals surface area contributed by atoms with E-state index in [1.54, 1.807) is 6.07 Å². The molecule has 0 aliphatic carbocycles. The third-order valence-corrected chi connectivity index (χ3v) is 2.93. The van der Waals surface area contributed by atoms with Crippen LogP contribution >= 0.6 is 0 Å². The van der Waals surface area contributed by atoms with Gasteiger partial charge in [0.25, 0.3) is 5.91 Å². The minimum atomic E-state index is -0.148. The smallest absolute Gasteiger partial charge is 0.253 e. The van der Waals surface area contributed by atoms with E-state index in [0.717, 1.165) is 5.69 Å². The summed E-state index contributed by atoms with van der Waals surface area (Å²) in [7, 11) is 0. The zero-order valence-electron chi connectivity index (χ0n) is 11.2. The largest absolute Gasteiger partial charge is 0.382 e. The predicted octanol–water partition coefficient (Wildman–Crippen LogP) is 1.13. The highest BCUT2D eigenvalue weighted by Gasteiger charge is 2.24. The summed E-state index contributed by atoms with van der Waals surface area (Å²) in [6.07, 6.45) is 0.353. The summed E-state index contributed by atoms with van der Waals surface area (Å²) in [6.45, 7) is 4.55. The fourth-order valence-corrected chi connectivity index (χ4v) is 2.09. The van der Waals surface area contributed by atoms with E-state index in [0.29, 0.717) is 18.5 Å². The summed E-state index contributed by atoms with van der Waals surface area (Å²) in [5.74, 6) is -0.163. The van der Waals surface area contributed by atoms with Crippen LogP contribution in [0.3, 0.4) is 0 Å². The number of anilines is 1. The van der Waals surface area contributed by atoms with Crippen molar-refractivity contribution in [3.63, 3.8) is 0 Å². The fourth-order valence-electron chi connectivity index (χ4n) is 2.09. The van der Waals surface area contributed by atoms with Crippen molar-refractivity contribution in [2.24, 2.45) is 0 Å². The highest BCUT2D eigenvalue weighted by atomic mass is 16.2. The maximum atomic E-state index is 12.2. The Bertz CT molecular complexity index is 485. The molecule has 0 saturated carbocycles. The molecule has 1 atom stereocenters. The number of para-hydroxylation sites is 1. The second-order valence-electron chi connectivity index (χ2n) is 5.02. The van der Waals surface area contributed by atoms with Crippen LogP contribution < -0.4 is 16.0 Å². The number of rotatable bonds is 4. The topological polar surface area (TPSA) is 70.2 Å². The van der Waals surface area contributed by atoms with Crippen LogP contribution in [0.5, 0.6) is 0 Å². The monoisotopic (exact) mass is 261 g/mol. The van der Waals surface area contributed by atoms with Crippen molar-refractivity contribution in [2.45, 2.75) is 32.4 Å². The number of carbonyl (C=O) groups excluding carboxylic acids is 2. The fraction of sp³-hybridized carbons (Fsp3) is 0.429. The van der Waals surface area contributed by atoms with E-state index in [-0.39, 0.29) is 23.9 Å². The highest BCUT2D eigenvalue weighted by molar-refractivity contribution is 6.00. The molecule has 1 aromatic carbocycles. The third-order valence-electron chi connectivity index (χ3n) is 2.93. The van der Waals surface area contributed by atoms with E-state index in [9.17, 15) is 9.59 Å². The van der Waals surface area contributed by atoms with Crippen molar-refractivity contribution in [3.05, 3.63) is 29.8 Å². The van der Waals surface area contributed by atoms with Crippen molar-refractivity contribution in [1.29, 1.82) is 0 Å². The van der Waals surface area contributed by atoms with Crippen molar-refractivity contribution in [1.82, 2.24) is 10.6 Å². The molecule has 3 N–H and O–H groups in total. The minimum absolute atomic E-state index is 0.0149. The van der Waals surface area contributed by atoms with Crippen molar-refractivity contribution >= 4 is 17.5 Å². The van der Waals surface area contributed by atoms with Crippen LogP contribution in [0.1, 0.15) is 30.6 Å². The lowest BCUT2D eigenvalue weighted by Gasteiger charge is -2.16. The van der Waals surface area contributed by atoms with Gasteiger partial charge in [0.1, 0.15) is 0 Å². The van der Waals surface area contributed by atoms with Gasteiger partial charge >= 0.3 is 0 Å². The average Bonchev–Trinajstić information content (AvgIpc) is 2.74. The molecular weight excluding hydrogens is 242 g/mol. The lowest BCUT2D eigenvalue weighted by Crippen LogP contribution is -2.36. The van der Waals surface area contributed by atoms with Gasteiger partial charge in [-0.25, -0.2) is 0 Å². The van der Waals surface area contributed by atoms with Crippen LogP contribution in [-0.2, 0) is 4.79 Å². The Morgan fingerprint density at radius 1 is 1.37 bits per heavy atom. The third kappa shape index (κ3) is 3.47. The van der Waals surface area contributed by atoms with Gasteiger partial charge in [0.15, 0.2) is 0 Å². The number of hydrogen-bond donors (Lipinski definition) is 3. The molecule has 0 aromatic heterocycles. The van der Waals surface area contributed by atoms with Crippen LogP contribution in [0.25, 0.3) is 0 Å². The van der Waals surface area contributed by atoms with Crippen molar-refractivity contribution < 1.29 is 9.59 Å². The number of benzene rings is 1. The van der Waals surface area contributed by atoms with Gasteiger partial charge in [0.05, 0.1) is 11.6 Å². The van der Waals surface area contributed by atoms with Crippen LogP contribution in [0.2, 0.25) is 0 Å². The molecule has 1 aliphatic rings. The first-order valence-corrected chi connectivity index (χ1v) is 6.49. The molecule has 102 valence electrons. The maximum Gasteiger partial charge on any atom is 0.253 e. The first-order chi connectivity index (χ1) is 9.06. The normalized spacial score (nSPS) is 18.3. The molecule has 1 aromatic rings. The van der Waals surface area contributed by atoms with E-state index >= 15 is 0 Å². The summed E-state index contributed by atoms with van der Waals surface area (Å²) in [4.78, 5) is 23.3. The molecule has 1 saturated heterocycles. The second kappa shape index (κ2) is 5.73. The first-order valence-electron chi connectivity index (χ1n) is 6.49. The van der Waals surface area contributed by atoms with Gasteiger partial charge in [-0.2, -0.15) is 0 Å². The van der Waals surface area contributed by atoms with Gasteiger partial charge in [0, 0.05) is 24.7 Å². The summed E-state index contributed by atoms with van der Waals surface area (Å²) >= 11 is 0. The molecular formula is C14H19N3O2. The molecule has 0 radical (unpaired) electrons. The molecule has 1 heterocycles. The van der Waals surface area contributed by atoms with E-state index in [2.05, 4.69) is 16.0 Å². The number of nitrogens with one attached hydrogen (secondary N) is 3. The van der Waals surface area contributed by atoms with Crippen LogP contribution in [0.4, 0.5) is 5.69 Å². The van der Waals surface area contributed by atoms with Crippen LogP contribution in [0, 0.1) is 0 Å². The molecule has 5 heteroatoms. The standard InChI is InChI=1S/C14H19N3O2/c1-9(2)16-12-6-4-3-5-11(12)14(19)17-10-7-13(18)15-8-10/h3-6,9-10,16H,7-8H2,1-2H3,(H,15,18)(H,17,19). The van der Waals surface area contributed by atoms with E-state index < -0.39 is 0 Å². The SMILES string of the molecule is CC(C)Nc1ccccc1C(=O)NC1CNC(=O)C1. The zero-order valence-corrected chi connectivity index (χ0v) is 11.2. The van der Waals surface area contributed by atoms with Gasteiger partial charge in [-0.15, -0.1) is 0 Å². The van der Waals surface area contributed by atoms with Gasteiger partial charge in [-0.05, 0) is 26.0 Å². The minimum Gasteiger partial charge on any atom is -0.382 e. The Kier molecular flexibility index (Phi) is 4.04. The van der Waals surface area contributed by atoms with E-state index in [4.69, 9.17) is 0 Å². The lowest BCUT2D eigenvalue weighted by atomic mass is 10.1. The number of amides is 2. The first kappa shape index (κ1) is 13.4. The molecule has 0 bridgehead atoms. The molecule has 19 heavy (non-hydrogen) atoms. The zero-order chi connectivity index (χ0) is 13.8. The molecule has 1 aliphatic heterocycles. The lowest BCUT2D eigenvalue weighted by molar-refractivity contribution is -0.119. The van der Waals surface area contributed by atoms with E-state index in [1.807, 2.05) is 32.0 Å². The van der Waals surface area contributed by atoms with Crippen molar-refractivity contribution in [3.8, 4) is 0 Å². The summed E-state index contributed by atoms with van der Waals surface area (Å²) in [5.41, 5.74) is 1.42. The Balaban J connectivity index is 2.08. The highest BCUT2D eigenvalue weighted by Crippen LogP contribution is 2.16. The van der Waals surface area contributed by atoms with Crippen molar-refractivity contribution in [2.75, 3.05) is 11.9 Å². The van der Waals surface area contributed by atoms with Crippen LogP contribution in [-0.4, -0.2) is 30.4 Å². The quantitative estimate of drug-likeness (QED) is 0.761. The molecule has 1 unspecified atom stereocenters. The van der Waals surface area contributed by atoms with Gasteiger partial charge < -0.3 is 16.0 Å². The summed E-state index contributed by atoms with van der Waals surface area (Å²) < 4.78 is 0. The van der Waals surface area contributed by atoms with Gasteiger partial charge in [-0.1, -0.05) is 12.1 Å². The molecule has 2 rings (SSSR count). The average molecular weight is 261 g/mol. The van der Waals surface area contributed by atoms with E-state index in [1.165, 1.54) is 0 Å². The number of hydrogen-bond acceptors (Lipinski definition) is 3. The summed E-state index contributed by atoms with van der Waals surface area (Å²) in [6, 6.07) is 7.52. The second-order valence-corrected chi connectivity index (χ2v) is 5.02. The van der Waals surface area contributed by atoms with Crippen LogP contribution in [0.15, 0.2) is 24.3 Å². The molecule has 2 amide bonds. The molecule has 0 spiro atoms. The summed E-state index contributed by atoms with van der Waals surface area (Å²) in [5, 5.41) is 8.83. The maximum absolute atomic E-state index is 12.2. The number of carbonyl (C=O) groups is 2. The Hall–Kier alpha value is -2.04.